The topological polar surface area (TPSA) is 118 Å². The molecule has 26 heavy (non-hydrogen) atoms. The average molecular weight is 352 g/mol. The number of amides is 1. The summed E-state index contributed by atoms with van der Waals surface area (Å²) in [4.78, 5) is 25.6. The van der Waals surface area contributed by atoms with Gasteiger partial charge in [0.05, 0.1) is 4.92 Å². The lowest BCUT2D eigenvalue weighted by molar-refractivity contribution is -0.385. The summed E-state index contributed by atoms with van der Waals surface area (Å²) in [7, 11) is 0. The Bertz CT molecular complexity index is 844. The van der Waals surface area contributed by atoms with Crippen LogP contribution in [-0.2, 0) is 11.3 Å². The highest BCUT2D eigenvalue weighted by atomic mass is 16.6. The molecule has 0 bridgehead atoms. The summed E-state index contributed by atoms with van der Waals surface area (Å²) in [5.41, 5.74) is 0.840. The Kier molecular flexibility index (Phi) is 6.83. The van der Waals surface area contributed by atoms with Crippen LogP contribution in [-0.4, -0.2) is 22.5 Å². The molecule has 0 unspecified atom stereocenters. The molecule has 0 atom stereocenters. The summed E-state index contributed by atoms with van der Waals surface area (Å²) in [5, 5.41) is 22.3. The maximum Gasteiger partial charge on any atom is 0.407 e. The normalized spacial score (nSPS) is 10.3. The molecule has 8 nitrogen and oxygen atoms in total. The Morgan fingerprint density at radius 3 is 2.85 bits per heavy atom. The second-order valence-corrected chi connectivity index (χ2v) is 5.18. The molecule has 1 amide bonds. The van der Waals surface area contributed by atoms with E-state index in [1.54, 1.807) is 18.2 Å². The highest BCUT2D eigenvalue weighted by Crippen LogP contribution is 2.17. The van der Waals surface area contributed by atoms with E-state index in [0.29, 0.717) is 18.5 Å². The minimum Gasteiger partial charge on any atom is -0.445 e. The highest BCUT2D eigenvalue weighted by molar-refractivity contribution is 5.67. The molecule has 0 saturated carbocycles. The smallest absolute Gasteiger partial charge is 0.407 e. The number of nitrogens with zero attached hydrogens (tertiary/aromatic N) is 3. The molecule has 0 spiro atoms. The van der Waals surface area contributed by atoms with Gasteiger partial charge in [0.2, 0.25) is 5.69 Å². The van der Waals surface area contributed by atoms with Crippen molar-refractivity contribution < 1.29 is 14.5 Å². The van der Waals surface area contributed by atoms with Crippen molar-refractivity contribution in [2.75, 3.05) is 6.54 Å². The van der Waals surface area contributed by atoms with E-state index in [-0.39, 0.29) is 18.0 Å². The monoisotopic (exact) mass is 352 g/mol. The Morgan fingerprint density at radius 1 is 1.38 bits per heavy atom. The number of carbonyl (C=O) groups is 1. The largest absolute Gasteiger partial charge is 0.445 e. The fraction of sp³-hybridized carbons (Fsp3) is 0.167. The number of nitro groups is 1. The van der Waals surface area contributed by atoms with Gasteiger partial charge in [-0.3, -0.25) is 10.1 Å². The number of alkyl carbamates (subject to hydrolysis) is 1. The number of nitrogens with one attached hydrogen (secondary N) is 1. The van der Waals surface area contributed by atoms with Crippen LogP contribution in [0.4, 0.5) is 10.5 Å². The van der Waals surface area contributed by atoms with Gasteiger partial charge in [0.15, 0.2) is 0 Å². The molecule has 1 N–H and O–H groups in total. The maximum absolute atomic E-state index is 11.6. The third-order valence-corrected chi connectivity index (χ3v) is 3.29. The van der Waals surface area contributed by atoms with Crippen molar-refractivity contribution >= 4 is 17.9 Å². The zero-order valence-electron chi connectivity index (χ0n) is 13.8. The fourth-order valence-corrected chi connectivity index (χ4v) is 2.04. The summed E-state index contributed by atoms with van der Waals surface area (Å²) in [5.74, 6) is 0. The number of pyridine rings is 1. The molecule has 0 aliphatic rings. The van der Waals surface area contributed by atoms with Crippen LogP contribution < -0.4 is 5.32 Å². The molecule has 0 aliphatic heterocycles. The van der Waals surface area contributed by atoms with Gasteiger partial charge in [-0.2, -0.15) is 5.26 Å². The highest BCUT2D eigenvalue weighted by Gasteiger charge is 2.14. The quantitative estimate of drug-likeness (QED) is 0.464. The number of aromatic nitrogens is 1. The van der Waals surface area contributed by atoms with Gasteiger partial charge in [0, 0.05) is 18.8 Å². The Balaban J connectivity index is 1.75. The maximum atomic E-state index is 11.6. The number of ether oxygens (including phenoxy) is 1. The van der Waals surface area contributed by atoms with Gasteiger partial charge in [0.1, 0.15) is 12.7 Å². The number of nitriles is 1. The number of carbonyl (C=O) groups excluding carboxylic acids is 1. The van der Waals surface area contributed by atoms with Crippen LogP contribution >= 0.6 is 0 Å². The van der Waals surface area contributed by atoms with Crippen LogP contribution in [0.5, 0.6) is 0 Å². The standard InChI is InChI=1S/C18H16N4O4/c19-11-16-17(22(24)25)10-15(12-21-16)8-4-5-9-20-18(23)26-13-14-6-2-1-3-7-14/h1-4,6-8,10,12H,5,9,13H2,(H,20,23). The first-order valence-electron chi connectivity index (χ1n) is 7.76. The van der Waals surface area contributed by atoms with Gasteiger partial charge >= 0.3 is 11.8 Å². The average Bonchev–Trinajstić information content (AvgIpc) is 2.66. The third-order valence-electron chi connectivity index (χ3n) is 3.29. The molecule has 0 saturated heterocycles. The van der Waals surface area contributed by atoms with Gasteiger partial charge in [-0.15, -0.1) is 0 Å². The molecule has 8 heteroatoms. The van der Waals surface area contributed by atoms with Crippen LogP contribution in [0.2, 0.25) is 0 Å². The molecular weight excluding hydrogens is 336 g/mol. The van der Waals surface area contributed by atoms with E-state index in [1.165, 1.54) is 12.3 Å². The SMILES string of the molecule is N#Cc1ncc(C=CCCNC(=O)OCc2ccccc2)cc1[N+](=O)[O-]. The second kappa shape index (κ2) is 9.54. The van der Waals surface area contributed by atoms with Gasteiger partial charge in [-0.25, -0.2) is 9.78 Å². The number of benzene rings is 1. The van der Waals surface area contributed by atoms with Crippen molar-refractivity contribution in [3.8, 4) is 6.07 Å². The van der Waals surface area contributed by atoms with E-state index in [9.17, 15) is 14.9 Å². The molecule has 0 radical (unpaired) electrons. The minimum absolute atomic E-state index is 0.198. The van der Waals surface area contributed by atoms with Crippen molar-refractivity contribution in [2.45, 2.75) is 13.0 Å². The third kappa shape index (κ3) is 5.72. The molecular formula is C18H16N4O4. The molecule has 0 aliphatic carbocycles. The first-order valence-corrected chi connectivity index (χ1v) is 7.76. The molecule has 132 valence electrons. The zero-order chi connectivity index (χ0) is 18.8. The van der Waals surface area contributed by atoms with Gasteiger partial charge in [-0.05, 0) is 17.5 Å². The van der Waals surface area contributed by atoms with E-state index >= 15 is 0 Å². The van der Waals surface area contributed by atoms with E-state index in [2.05, 4.69) is 10.3 Å². The predicted molar refractivity (Wildman–Crippen MR) is 93.9 cm³/mol. The molecule has 0 fully saturated rings. The summed E-state index contributed by atoms with van der Waals surface area (Å²) in [6.45, 7) is 0.555. The lowest BCUT2D eigenvalue weighted by Crippen LogP contribution is -2.24. The van der Waals surface area contributed by atoms with Crippen LogP contribution in [0, 0.1) is 21.4 Å². The van der Waals surface area contributed by atoms with Gasteiger partial charge in [0.25, 0.3) is 0 Å². The molecule has 1 aromatic carbocycles. The van der Waals surface area contributed by atoms with Crippen molar-refractivity contribution in [2.24, 2.45) is 0 Å². The van der Waals surface area contributed by atoms with Crippen LogP contribution in [0.1, 0.15) is 23.2 Å². The van der Waals surface area contributed by atoms with E-state index in [0.717, 1.165) is 5.56 Å². The van der Waals surface area contributed by atoms with E-state index < -0.39 is 11.0 Å². The van der Waals surface area contributed by atoms with Crippen LogP contribution in [0.15, 0.2) is 48.7 Å². The van der Waals surface area contributed by atoms with Gasteiger partial charge in [-0.1, -0.05) is 42.5 Å². The molecule has 1 aromatic heterocycles. The van der Waals surface area contributed by atoms with E-state index in [1.807, 2.05) is 30.3 Å². The lowest BCUT2D eigenvalue weighted by Gasteiger charge is -2.05. The first kappa shape index (κ1) is 18.6. The molecule has 2 aromatic rings. The summed E-state index contributed by atoms with van der Waals surface area (Å²) in [6, 6.07) is 12.3. The number of hydrogen-bond acceptors (Lipinski definition) is 6. The molecule has 1 heterocycles. The number of hydrogen-bond donors (Lipinski definition) is 1. The van der Waals surface area contributed by atoms with Crippen molar-refractivity contribution in [3.05, 3.63) is 75.6 Å². The first-order chi connectivity index (χ1) is 12.6. The van der Waals surface area contributed by atoms with Crippen LogP contribution in [0.25, 0.3) is 6.08 Å². The second-order valence-electron chi connectivity index (χ2n) is 5.18. The Hall–Kier alpha value is -3.73. The number of rotatable bonds is 7. The lowest BCUT2D eigenvalue weighted by atomic mass is 10.2. The van der Waals surface area contributed by atoms with Crippen molar-refractivity contribution in [1.82, 2.24) is 10.3 Å². The van der Waals surface area contributed by atoms with Gasteiger partial charge < -0.3 is 10.1 Å². The minimum atomic E-state index is -0.646. The Labute approximate surface area is 149 Å². The van der Waals surface area contributed by atoms with E-state index in [4.69, 9.17) is 10.00 Å². The summed E-state index contributed by atoms with van der Waals surface area (Å²) < 4.78 is 5.07. The summed E-state index contributed by atoms with van der Waals surface area (Å²) >= 11 is 0. The molecule has 2 rings (SSSR count). The Morgan fingerprint density at radius 2 is 2.15 bits per heavy atom. The van der Waals surface area contributed by atoms with Crippen molar-refractivity contribution in [1.29, 1.82) is 5.26 Å². The fourth-order valence-electron chi connectivity index (χ4n) is 2.04. The zero-order valence-corrected chi connectivity index (χ0v) is 13.8. The van der Waals surface area contributed by atoms with Crippen molar-refractivity contribution in [3.63, 3.8) is 0 Å². The predicted octanol–water partition coefficient (Wildman–Crippen LogP) is 3.19. The van der Waals surface area contributed by atoms with Crippen LogP contribution in [0.3, 0.4) is 0 Å². The summed E-state index contributed by atoms with van der Waals surface area (Å²) in [6.07, 6.45) is 4.75.